The Morgan fingerprint density at radius 1 is 1.07 bits per heavy atom. The minimum absolute atomic E-state index is 0.173. The molecule has 0 saturated carbocycles. The number of aromatic nitrogens is 1. The van der Waals surface area contributed by atoms with Crippen LogP contribution in [0.4, 0.5) is 9.18 Å². The van der Waals surface area contributed by atoms with Gasteiger partial charge in [-0.05, 0) is 30.3 Å². The van der Waals surface area contributed by atoms with Crippen LogP contribution in [-0.2, 0) is 16.6 Å². The summed E-state index contributed by atoms with van der Waals surface area (Å²) in [6.07, 6.45) is 0.0416. The number of benzene rings is 1. The molecule has 1 saturated heterocycles. The van der Waals surface area contributed by atoms with E-state index < -0.39 is 33.2 Å². The fourth-order valence-electron chi connectivity index (χ4n) is 2.92. The third-order valence-electron chi connectivity index (χ3n) is 4.53. The molecule has 1 amide bonds. The molecule has 2 aromatic rings. The Kier molecular flexibility index (Phi) is 5.38. The molecule has 1 fully saturated rings. The highest BCUT2D eigenvalue weighted by Gasteiger charge is 2.24. The number of amides is 1. The number of hydrogen-bond donors (Lipinski definition) is 2. The SMILES string of the molecule is O=C(O)N1CCN(Cc2ccn(S(=O)(=O)c3ccc(F)cc3)c(=O)c2O)CC1. The minimum Gasteiger partial charge on any atom is -0.503 e. The van der Waals surface area contributed by atoms with Crippen LogP contribution in [0.25, 0.3) is 0 Å². The molecule has 0 radical (unpaired) electrons. The molecule has 0 atom stereocenters. The van der Waals surface area contributed by atoms with Crippen LogP contribution in [0.3, 0.4) is 0 Å². The van der Waals surface area contributed by atoms with E-state index in [1.807, 2.05) is 4.90 Å². The van der Waals surface area contributed by atoms with E-state index in [2.05, 4.69) is 0 Å². The number of nitrogens with zero attached hydrogens (tertiary/aromatic N) is 3. The summed E-state index contributed by atoms with van der Waals surface area (Å²) in [6.45, 7) is 1.61. The third-order valence-corrected chi connectivity index (χ3v) is 6.20. The lowest BCUT2D eigenvalue weighted by Gasteiger charge is -2.33. The Hall–Kier alpha value is -2.92. The third kappa shape index (κ3) is 3.85. The zero-order valence-corrected chi connectivity index (χ0v) is 15.5. The van der Waals surface area contributed by atoms with E-state index >= 15 is 0 Å². The highest BCUT2D eigenvalue weighted by molar-refractivity contribution is 7.90. The van der Waals surface area contributed by atoms with E-state index in [1.165, 1.54) is 11.0 Å². The zero-order valence-electron chi connectivity index (χ0n) is 14.7. The van der Waals surface area contributed by atoms with Gasteiger partial charge in [0.2, 0.25) is 0 Å². The molecule has 3 rings (SSSR count). The molecule has 150 valence electrons. The van der Waals surface area contributed by atoms with E-state index in [0.717, 1.165) is 30.5 Å². The Labute approximate surface area is 159 Å². The molecule has 0 aliphatic carbocycles. The summed E-state index contributed by atoms with van der Waals surface area (Å²) in [6, 6.07) is 5.31. The maximum Gasteiger partial charge on any atom is 0.407 e. The lowest BCUT2D eigenvalue weighted by molar-refractivity contribution is 0.102. The Bertz CT molecular complexity index is 1040. The lowest BCUT2D eigenvalue weighted by atomic mass is 10.2. The first kappa shape index (κ1) is 19.8. The monoisotopic (exact) mass is 411 g/mol. The molecule has 1 aliphatic rings. The van der Waals surface area contributed by atoms with Crippen molar-refractivity contribution in [2.75, 3.05) is 26.2 Å². The largest absolute Gasteiger partial charge is 0.503 e. The maximum atomic E-state index is 13.0. The maximum absolute atomic E-state index is 13.0. The van der Waals surface area contributed by atoms with Crippen LogP contribution in [0.15, 0.2) is 46.2 Å². The lowest BCUT2D eigenvalue weighted by Crippen LogP contribution is -2.47. The van der Waals surface area contributed by atoms with Crippen molar-refractivity contribution < 1.29 is 27.8 Å². The average molecular weight is 411 g/mol. The number of hydrogen-bond acceptors (Lipinski definition) is 6. The van der Waals surface area contributed by atoms with Crippen LogP contribution in [0.2, 0.25) is 0 Å². The van der Waals surface area contributed by atoms with Crippen molar-refractivity contribution in [2.24, 2.45) is 0 Å². The fraction of sp³-hybridized carbons (Fsp3) is 0.294. The molecular formula is C17H18FN3O6S. The van der Waals surface area contributed by atoms with E-state index in [-0.39, 0.29) is 17.0 Å². The number of halogens is 1. The van der Waals surface area contributed by atoms with Crippen LogP contribution in [0, 0.1) is 5.82 Å². The second kappa shape index (κ2) is 7.60. The number of carboxylic acid groups (broad SMARTS) is 1. The molecule has 11 heteroatoms. The predicted octanol–water partition coefficient (Wildman–Crippen LogP) is 0.726. The van der Waals surface area contributed by atoms with Gasteiger partial charge in [-0.15, -0.1) is 0 Å². The van der Waals surface area contributed by atoms with Gasteiger partial charge in [-0.1, -0.05) is 0 Å². The minimum atomic E-state index is -4.28. The number of pyridine rings is 1. The van der Waals surface area contributed by atoms with Crippen molar-refractivity contribution in [3.63, 3.8) is 0 Å². The van der Waals surface area contributed by atoms with E-state index in [9.17, 15) is 27.5 Å². The van der Waals surface area contributed by atoms with Crippen molar-refractivity contribution in [1.82, 2.24) is 13.8 Å². The number of aromatic hydroxyl groups is 1. The first-order chi connectivity index (χ1) is 13.2. The number of carbonyl (C=O) groups is 1. The molecule has 1 aromatic heterocycles. The summed E-state index contributed by atoms with van der Waals surface area (Å²) in [5.41, 5.74) is -0.870. The van der Waals surface area contributed by atoms with Gasteiger partial charge in [-0.2, -0.15) is 0 Å². The van der Waals surface area contributed by atoms with Gasteiger partial charge in [-0.3, -0.25) is 9.69 Å². The highest BCUT2D eigenvalue weighted by atomic mass is 32.2. The molecule has 1 aliphatic heterocycles. The van der Waals surface area contributed by atoms with Crippen LogP contribution in [-0.4, -0.2) is 64.7 Å². The van der Waals surface area contributed by atoms with Crippen molar-refractivity contribution in [3.05, 3.63) is 58.3 Å². The summed E-state index contributed by atoms with van der Waals surface area (Å²) >= 11 is 0. The standard InChI is InChI=1S/C17H18FN3O6S/c18-13-1-3-14(4-2-13)28(26,27)21-6-5-12(15(22)16(21)23)11-19-7-9-20(10-8-19)17(24)25/h1-6,22H,7-11H2,(H,24,25). The van der Waals surface area contributed by atoms with E-state index in [0.29, 0.717) is 30.2 Å². The van der Waals surface area contributed by atoms with Crippen molar-refractivity contribution in [3.8, 4) is 5.75 Å². The van der Waals surface area contributed by atoms with Gasteiger partial charge in [0.1, 0.15) is 5.82 Å². The topological polar surface area (TPSA) is 120 Å². The molecule has 1 aromatic carbocycles. The summed E-state index contributed by atoms with van der Waals surface area (Å²) in [5.74, 6) is -1.32. The number of rotatable bonds is 4. The van der Waals surface area contributed by atoms with E-state index in [4.69, 9.17) is 5.11 Å². The van der Waals surface area contributed by atoms with Gasteiger partial charge in [0.05, 0.1) is 4.90 Å². The van der Waals surface area contributed by atoms with Gasteiger partial charge in [0, 0.05) is 44.5 Å². The second-order valence-corrected chi connectivity index (χ2v) is 8.11. The van der Waals surface area contributed by atoms with E-state index in [1.54, 1.807) is 0 Å². The number of piperazine rings is 1. The molecular weight excluding hydrogens is 393 g/mol. The van der Waals surface area contributed by atoms with Crippen molar-refractivity contribution in [2.45, 2.75) is 11.4 Å². The summed E-state index contributed by atoms with van der Waals surface area (Å²) < 4.78 is 38.6. The zero-order chi connectivity index (χ0) is 20.5. The fourth-order valence-corrected chi connectivity index (χ4v) is 4.15. The van der Waals surface area contributed by atoms with Gasteiger partial charge in [0.25, 0.3) is 10.0 Å². The normalized spacial score (nSPS) is 15.5. The van der Waals surface area contributed by atoms with Crippen molar-refractivity contribution in [1.29, 1.82) is 0 Å². The summed E-state index contributed by atoms with van der Waals surface area (Å²) in [4.78, 5) is 26.2. The first-order valence-electron chi connectivity index (χ1n) is 8.35. The van der Waals surface area contributed by atoms with Crippen LogP contribution in [0.5, 0.6) is 5.75 Å². The predicted molar refractivity (Wildman–Crippen MR) is 96.2 cm³/mol. The molecule has 28 heavy (non-hydrogen) atoms. The Morgan fingerprint density at radius 3 is 2.25 bits per heavy atom. The molecule has 0 spiro atoms. The second-order valence-electron chi connectivity index (χ2n) is 6.30. The average Bonchev–Trinajstić information content (AvgIpc) is 2.66. The van der Waals surface area contributed by atoms with Crippen LogP contribution >= 0.6 is 0 Å². The van der Waals surface area contributed by atoms with Gasteiger partial charge in [-0.25, -0.2) is 21.6 Å². The van der Waals surface area contributed by atoms with Gasteiger partial charge < -0.3 is 15.1 Å². The Balaban J connectivity index is 1.83. The van der Waals surface area contributed by atoms with Crippen molar-refractivity contribution >= 4 is 16.1 Å². The molecule has 0 unspecified atom stereocenters. The molecule has 0 bridgehead atoms. The van der Waals surface area contributed by atoms with Crippen LogP contribution in [0.1, 0.15) is 5.56 Å². The molecule has 2 N–H and O–H groups in total. The molecule has 2 heterocycles. The van der Waals surface area contributed by atoms with Gasteiger partial charge >= 0.3 is 11.7 Å². The van der Waals surface area contributed by atoms with Gasteiger partial charge in [0.15, 0.2) is 5.75 Å². The first-order valence-corrected chi connectivity index (χ1v) is 9.79. The smallest absolute Gasteiger partial charge is 0.407 e. The Morgan fingerprint density at radius 2 is 1.68 bits per heavy atom. The highest BCUT2D eigenvalue weighted by Crippen LogP contribution is 2.18. The van der Waals surface area contributed by atoms with Crippen LogP contribution < -0.4 is 5.56 Å². The summed E-state index contributed by atoms with van der Waals surface area (Å²) in [5, 5.41) is 19.2. The summed E-state index contributed by atoms with van der Waals surface area (Å²) in [7, 11) is -4.28. The quantitative estimate of drug-likeness (QED) is 0.761. The molecule has 9 nitrogen and oxygen atoms in total.